The molecule has 39 heavy (non-hydrogen) atoms. The number of hydrogen-bond acceptors (Lipinski definition) is 8. The van der Waals surface area contributed by atoms with Crippen LogP contribution in [0.1, 0.15) is 31.4 Å². The zero-order valence-electron chi connectivity index (χ0n) is 21.8. The Morgan fingerprint density at radius 2 is 1.15 bits per heavy atom. The van der Waals surface area contributed by atoms with Crippen LogP contribution in [0.5, 0.6) is 11.5 Å². The number of phenolic OH excluding ortho intramolecular Hbond substituents is 2. The number of nitrogens with one attached hydrogen (secondary N) is 3. The van der Waals surface area contributed by atoms with Crippen LogP contribution < -0.4 is 21.7 Å². The number of hydrogen-bond donors (Lipinski definition) is 8. The van der Waals surface area contributed by atoms with E-state index in [-0.39, 0.29) is 30.3 Å². The number of aliphatic carboxylic acids is 1. The highest BCUT2D eigenvalue weighted by molar-refractivity contribution is 5.94. The van der Waals surface area contributed by atoms with Gasteiger partial charge in [0.25, 0.3) is 0 Å². The number of benzene rings is 2. The number of carboxylic acids is 1. The Bertz CT molecular complexity index is 1120. The van der Waals surface area contributed by atoms with Crippen molar-refractivity contribution in [3.8, 4) is 11.5 Å². The number of aliphatic hydroxyl groups excluding tert-OH is 1. The van der Waals surface area contributed by atoms with E-state index < -0.39 is 54.5 Å². The minimum absolute atomic E-state index is 0.00299. The normalized spacial score (nSPS) is 14.8. The summed E-state index contributed by atoms with van der Waals surface area (Å²) >= 11 is 0. The SMILES string of the molecule is CC[C@H](C)[C@H](N)C(=O)N[C@@H](Cc1ccc(O)cc1)C(=O)N[C@@H](CO)C(=O)N[C@@H](Cc1ccc(O)cc1)C(=O)O. The highest BCUT2D eigenvalue weighted by Crippen LogP contribution is 2.13. The first-order valence-corrected chi connectivity index (χ1v) is 12.5. The summed E-state index contributed by atoms with van der Waals surface area (Å²) in [5, 5.41) is 45.6. The summed E-state index contributed by atoms with van der Waals surface area (Å²) in [5.74, 6) is -3.81. The number of phenols is 2. The maximum Gasteiger partial charge on any atom is 0.326 e. The van der Waals surface area contributed by atoms with Gasteiger partial charge in [0, 0.05) is 12.8 Å². The number of carboxylic acid groups (broad SMARTS) is 1. The predicted molar refractivity (Wildman–Crippen MR) is 142 cm³/mol. The number of aliphatic hydroxyl groups is 1. The van der Waals surface area contributed by atoms with Crippen molar-refractivity contribution in [2.24, 2.45) is 11.7 Å². The summed E-state index contributed by atoms with van der Waals surface area (Å²) in [7, 11) is 0. The Morgan fingerprint density at radius 1 is 0.744 bits per heavy atom. The summed E-state index contributed by atoms with van der Waals surface area (Å²) in [6.45, 7) is 2.83. The average molecular weight is 545 g/mol. The van der Waals surface area contributed by atoms with Crippen molar-refractivity contribution in [3.05, 3.63) is 59.7 Å². The first kappa shape index (κ1) is 31.1. The fourth-order valence-corrected chi connectivity index (χ4v) is 3.66. The van der Waals surface area contributed by atoms with E-state index in [2.05, 4.69) is 16.0 Å². The van der Waals surface area contributed by atoms with Crippen molar-refractivity contribution in [2.45, 2.75) is 57.3 Å². The van der Waals surface area contributed by atoms with Gasteiger partial charge in [-0.1, -0.05) is 44.5 Å². The quantitative estimate of drug-likeness (QED) is 0.158. The second-order valence-electron chi connectivity index (χ2n) is 9.36. The molecule has 12 nitrogen and oxygen atoms in total. The fourth-order valence-electron chi connectivity index (χ4n) is 3.66. The van der Waals surface area contributed by atoms with Crippen LogP contribution in [0.2, 0.25) is 0 Å². The van der Waals surface area contributed by atoms with Gasteiger partial charge in [0.2, 0.25) is 17.7 Å². The Morgan fingerprint density at radius 3 is 1.59 bits per heavy atom. The van der Waals surface area contributed by atoms with Gasteiger partial charge < -0.3 is 42.1 Å². The maximum atomic E-state index is 13.2. The molecule has 212 valence electrons. The van der Waals surface area contributed by atoms with Crippen molar-refractivity contribution < 1.29 is 39.6 Å². The second-order valence-corrected chi connectivity index (χ2v) is 9.36. The molecule has 12 heteroatoms. The van der Waals surface area contributed by atoms with Crippen molar-refractivity contribution in [3.63, 3.8) is 0 Å². The molecule has 0 aliphatic carbocycles. The lowest BCUT2D eigenvalue weighted by atomic mass is 9.98. The average Bonchev–Trinajstić information content (AvgIpc) is 2.91. The standard InChI is InChI=1S/C27H36N4O8/c1-3-15(2)23(28)26(37)29-20(12-16-4-8-18(33)9-5-16)24(35)31-22(14-32)25(36)30-21(27(38)39)13-17-6-10-19(34)11-7-17/h4-11,15,20-23,32-34H,3,12-14,28H2,1-2H3,(H,29,37)(H,30,36)(H,31,35)(H,38,39)/t15-,20-,21-,22-,23-/m0/s1. The summed E-state index contributed by atoms with van der Waals surface area (Å²) in [6, 6.07) is 6.75. The van der Waals surface area contributed by atoms with E-state index in [9.17, 15) is 39.6 Å². The zero-order valence-corrected chi connectivity index (χ0v) is 21.8. The van der Waals surface area contributed by atoms with E-state index in [4.69, 9.17) is 5.73 Å². The molecule has 9 N–H and O–H groups in total. The molecule has 2 aromatic carbocycles. The Balaban J connectivity index is 2.16. The van der Waals surface area contributed by atoms with Gasteiger partial charge in [-0.15, -0.1) is 0 Å². The van der Waals surface area contributed by atoms with E-state index in [0.717, 1.165) is 0 Å². The molecule has 0 saturated carbocycles. The Kier molecular flexibility index (Phi) is 11.7. The molecule has 5 atom stereocenters. The largest absolute Gasteiger partial charge is 0.508 e. The third-order valence-corrected chi connectivity index (χ3v) is 6.38. The van der Waals surface area contributed by atoms with Crippen LogP contribution >= 0.6 is 0 Å². The molecule has 0 bridgehead atoms. The van der Waals surface area contributed by atoms with Gasteiger partial charge in [0.05, 0.1) is 12.6 Å². The van der Waals surface area contributed by atoms with Crippen molar-refractivity contribution in [1.29, 1.82) is 0 Å². The molecule has 0 fully saturated rings. The third kappa shape index (κ3) is 9.58. The lowest BCUT2D eigenvalue weighted by Gasteiger charge is -2.25. The zero-order chi connectivity index (χ0) is 29.1. The summed E-state index contributed by atoms with van der Waals surface area (Å²) in [4.78, 5) is 50.5. The highest BCUT2D eigenvalue weighted by atomic mass is 16.4. The Hall–Kier alpha value is -4.16. The molecule has 0 aliphatic heterocycles. The maximum absolute atomic E-state index is 13.2. The van der Waals surface area contributed by atoms with Crippen molar-refractivity contribution in [2.75, 3.05) is 6.61 Å². The second kappa shape index (κ2) is 14.7. The van der Waals surface area contributed by atoms with Crippen LogP contribution in [0.15, 0.2) is 48.5 Å². The lowest BCUT2D eigenvalue weighted by Crippen LogP contribution is -2.59. The number of rotatable bonds is 14. The first-order chi connectivity index (χ1) is 18.4. The van der Waals surface area contributed by atoms with Gasteiger partial charge >= 0.3 is 5.97 Å². The molecule has 0 radical (unpaired) electrons. The van der Waals surface area contributed by atoms with Crippen LogP contribution in [0.3, 0.4) is 0 Å². The van der Waals surface area contributed by atoms with E-state index in [1.807, 2.05) is 6.92 Å². The molecule has 0 aromatic heterocycles. The van der Waals surface area contributed by atoms with E-state index in [1.165, 1.54) is 36.4 Å². The van der Waals surface area contributed by atoms with Crippen LogP contribution in [0.25, 0.3) is 0 Å². The van der Waals surface area contributed by atoms with Gasteiger partial charge in [-0.2, -0.15) is 0 Å². The number of carbonyl (C=O) groups excluding carboxylic acids is 3. The molecule has 0 spiro atoms. The summed E-state index contributed by atoms with van der Waals surface area (Å²) < 4.78 is 0. The van der Waals surface area contributed by atoms with Crippen LogP contribution in [0, 0.1) is 5.92 Å². The fraction of sp³-hybridized carbons (Fsp3) is 0.407. The number of nitrogens with two attached hydrogens (primary N) is 1. The van der Waals surface area contributed by atoms with Gasteiger partial charge in [-0.3, -0.25) is 14.4 Å². The number of amides is 3. The summed E-state index contributed by atoms with van der Waals surface area (Å²) in [5.41, 5.74) is 7.13. The van der Waals surface area contributed by atoms with E-state index >= 15 is 0 Å². The lowest BCUT2D eigenvalue weighted by molar-refractivity contribution is -0.142. The minimum atomic E-state index is -1.51. The highest BCUT2D eigenvalue weighted by Gasteiger charge is 2.31. The van der Waals surface area contributed by atoms with Gasteiger partial charge in [0.15, 0.2) is 0 Å². The molecule has 0 unspecified atom stereocenters. The molecule has 0 heterocycles. The Labute approximate surface area is 226 Å². The van der Waals surface area contributed by atoms with Gasteiger partial charge in [-0.05, 0) is 41.3 Å². The van der Waals surface area contributed by atoms with E-state index in [0.29, 0.717) is 17.5 Å². The monoisotopic (exact) mass is 544 g/mol. The van der Waals surface area contributed by atoms with Gasteiger partial charge in [0.1, 0.15) is 29.6 Å². The van der Waals surface area contributed by atoms with Crippen molar-refractivity contribution in [1.82, 2.24) is 16.0 Å². The van der Waals surface area contributed by atoms with Gasteiger partial charge in [-0.25, -0.2) is 4.79 Å². The molecule has 0 aliphatic rings. The minimum Gasteiger partial charge on any atom is -0.508 e. The molecule has 2 rings (SSSR count). The summed E-state index contributed by atoms with van der Waals surface area (Å²) in [6.07, 6.45) is 0.509. The van der Waals surface area contributed by atoms with Crippen molar-refractivity contribution >= 4 is 23.7 Å². The third-order valence-electron chi connectivity index (χ3n) is 6.38. The smallest absolute Gasteiger partial charge is 0.326 e. The number of carbonyl (C=O) groups is 4. The topological polar surface area (TPSA) is 211 Å². The molecular weight excluding hydrogens is 508 g/mol. The molecule has 0 saturated heterocycles. The van der Waals surface area contributed by atoms with Crippen LogP contribution in [0.4, 0.5) is 0 Å². The van der Waals surface area contributed by atoms with Crippen LogP contribution in [-0.4, -0.2) is 74.9 Å². The molecular formula is C27H36N4O8. The first-order valence-electron chi connectivity index (χ1n) is 12.5. The molecule has 3 amide bonds. The van der Waals surface area contributed by atoms with E-state index in [1.54, 1.807) is 19.1 Å². The number of aromatic hydroxyl groups is 2. The molecule has 2 aromatic rings. The van der Waals surface area contributed by atoms with Crippen LogP contribution in [-0.2, 0) is 32.0 Å². The predicted octanol–water partition coefficient (Wildman–Crippen LogP) is -0.212.